The van der Waals surface area contributed by atoms with Crippen LogP contribution in [0, 0.1) is 24.0 Å². The molecule has 0 spiro atoms. The lowest BCUT2D eigenvalue weighted by Crippen LogP contribution is -2.07. The normalized spacial score (nSPS) is 9.80. The van der Waals surface area contributed by atoms with E-state index in [4.69, 9.17) is 0 Å². The van der Waals surface area contributed by atoms with Gasteiger partial charge in [0.15, 0.2) is 0 Å². The maximum absolute atomic E-state index is 11.3. The standard InChI is InChI=1S/C10H11NO4/c1-6-4-7(2)9(11(13)14)8(5-6)10(12)15-3/h4-5H,1-3H3. The minimum atomic E-state index is -0.687. The zero-order chi connectivity index (χ0) is 11.6. The van der Waals surface area contributed by atoms with E-state index in [1.54, 1.807) is 19.9 Å². The summed E-state index contributed by atoms with van der Waals surface area (Å²) < 4.78 is 4.49. The molecule has 0 aliphatic carbocycles. The smallest absolute Gasteiger partial charge is 0.344 e. The molecule has 0 N–H and O–H groups in total. The summed E-state index contributed by atoms with van der Waals surface area (Å²) in [7, 11) is 1.20. The van der Waals surface area contributed by atoms with Gasteiger partial charge in [0.05, 0.1) is 12.0 Å². The number of hydrogen-bond donors (Lipinski definition) is 0. The number of carbonyl (C=O) groups excluding carboxylic acids is 1. The highest BCUT2D eigenvalue weighted by atomic mass is 16.6. The van der Waals surface area contributed by atoms with Gasteiger partial charge in [-0.2, -0.15) is 0 Å². The third kappa shape index (κ3) is 2.12. The Morgan fingerprint density at radius 3 is 2.47 bits per heavy atom. The van der Waals surface area contributed by atoms with Gasteiger partial charge < -0.3 is 4.74 Å². The van der Waals surface area contributed by atoms with Crippen molar-refractivity contribution < 1.29 is 14.5 Å². The van der Waals surface area contributed by atoms with Gasteiger partial charge in [-0.15, -0.1) is 0 Å². The van der Waals surface area contributed by atoms with Gasteiger partial charge in [-0.3, -0.25) is 10.1 Å². The van der Waals surface area contributed by atoms with Gasteiger partial charge in [0.1, 0.15) is 5.56 Å². The summed E-state index contributed by atoms with van der Waals surface area (Å²) >= 11 is 0. The number of benzene rings is 1. The number of esters is 1. The SMILES string of the molecule is COC(=O)c1cc(C)cc(C)c1[N+](=O)[O-]. The molecule has 80 valence electrons. The molecule has 1 aromatic rings. The highest BCUT2D eigenvalue weighted by Gasteiger charge is 2.23. The predicted octanol–water partition coefficient (Wildman–Crippen LogP) is 2.00. The Bertz CT molecular complexity index is 426. The molecule has 0 fully saturated rings. The quantitative estimate of drug-likeness (QED) is 0.424. The van der Waals surface area contributed by atoms with Crippen LogP contribution in [0.4, 0.5) is 5.69 Å². The predicted molar refractivity (Wildman–Crippen MR) is 53.9 cm³/mol. The first-order valence-corrected chi connectivity index (χ1v) is 4.31. The number of carbonyl (C=O) groups is 1. The topological polar surface area (TPSA) is 69.4 Å². The van der Waals surface area contributed by atoms with Crippen molar-refractivity contribution in [1.29, 1.82) is 0 Å². The molecule has 1 aromatic carbocycles. The van der Waals surface area contributed by atoms with Crippen molar-refractivity contribution in [3.05, 3.63) is 38.9 Å². The number of rotatable bonds is 2. The maximum atomic E-state index is 11.3. The van der Waals surface area contributed by atoms with Crippen molar-refractivity contribution in [2.24, 2.45) is 0 Å². The minimum Gasteiger partial charge on any atom is -0.465 e. The van der Waals surface area contributed by atoms with E-state index in [9.17, 15) is 14.9 Å². The zero-order valence-electron chi connectivity index (χ0n) is 8.73. The van der Waals surface area contributed by atoms with Crippen LogP contribution in [-0.2, 0) is 4.74 Å². The molecule has 15 heavy (non-hydrogen) atoms. The van der Waals surface area contributed by atoms with Crippen molar-refractivity contribution in [3.8, 4) is 0 Å². The molecule has 0 aliphatic heterocycles. The molecule has 0 radical (unpaired) electrons. The average molecular weight is 209 g/mol. The van der Waals surface area contributed by atoms with Crippen molar-refractivity contribution >= 4 is 11.7 Å². The fourth-order valence-electron chi connectivity index (χ4n) is 1.47. The van der Waals surface area contributed by atoms with E-state index >= 15 is 0 Å². The highest BCUT2D eigenvalue weighted by molar-refractivity contribution is 5.94. The van der Waals surface area contributed by atoms with E-state index in [0.29, 0.717) is 5.56 Å². The number of hydrogen-bond acceptors (Lipinski definition) is 4. The summed E-state index contributed by atoms with van der Waals surface area (Å²) in [6.45, 7) is 3.36. The molecule has 0 heterocycles. The molecular formula is C10H11NO4. The Morgan fingerprint density at radius 1 is 1.40 bits per heavy atom. The second-order valence-electron chi connectivity index (χ2n) is 3.23. The number of aryl methyl sites for hydroxylation is 2. The molecule has 5 nitrogen and oxygen atoms in total. The van der Waals surface area contributed by atoms with Crippen LogP contribution in [0.2, 0.25) is 0 Å². The fourth-order valence-corrected chi connectivity index (χ4v) is 1.47. The van der Waals surface area contributed by atoms with Crippen LogP contribution >= 0.6 is 0 Å². The molecule has 0 amide bonds. The molecule has 0 aliphatic rings. The van der Waals surface area contributed by atoms with Crippen molar-refractivity contribution in [2.45, 2.75) is 13.8 Å². The lowest BCUT2D eigenvalue weighted by molar-refractivity contribution is -0.385. The van der Waals surface area contributed by atoms with Crippen molar-refractivity contribution in [3.63, 3.8) is 0 Å². The Balaban J connectivity index is 3.46. The van der Waals surface area contributed by atoms with E-state index < -0.39 is 10.9 Å². The van der Waals surface area contributed by atoms with Crippen LogP contribution < -0.4 is 0 Å². The van der Waals surface area contributed by atoms with Crippen LogP contribution in [0.5, 0.6) is 0 Å². The Morgan fingerprint density at radius 2 is 2.00 bits per heavy atom. The summed E-state index contributed by atoms with van der Waals surface area (Å²) in [5.74, 6) is -0.687. The van der Waals surface area contributed by atoms with Gasteiger partial charge in [0.25, 0.3) is 5.69 Å². The average Bonchev–Trinajstić information content (AvgIpc) is 2.14. The first-order chi connectivity index (χ1) is 6.97. The van der Waals surface area contributed by atoms with Crippen molar-refractivity contribution in [2.75, 3.05) is 7.11 Å². The van der Waals surface area contributed by atoms with Gasteiger partial charge >= 0.3 is 5.97 Å². The van der Waals surface area contributed by atoms with Gasteiger partial charge in [0, 0.05) is 5.56 Å². The second kappa shape index (κ2) is 4.08. The molecule has 1 rings (SSSR count). The lowest BCUT2D eigenvalue weighted by Gasteiger charge is -2.05. The van der Waals surface area contributed by atoms with Crippen LogP contribution in [0.1, 0.15) is 21.5 Å². The van der Waals surface area contributed by atoms with Crippen LogP contribution in [0.3, 0.4) is 0 Å². The van der Waals surface area contributed by atoms with E-state index in [0.717, 1.165) is 5.56 Å². The first kappa shape index (κ1) is 11.2. The summed E-state index contributed by atoms with van der Waals surface area (Å²) in [5, 5.41) is 10.8. The van der Waals surface area contributed by atoms with Crippen LogP contribution in [-0.4, -0.2) is 18.0 Å². The number of methoxy groups -OCH3 is 1. The third-order valence-corrected chi connectivity index (χ3v) is 2.03. The maximum Gasteiger partial charge on any atom is 0.344 e. The van der Waals surface area contributed by atoms with E-state index in [1.807, 2.05) is 0 Å². The van der Waals surface area contributed by atoms with Crippen LogP contribution in [0.25, 0.3) is 0 Å². The van der Waals surface area contributed by atoms with E-state index in [1.165, 1.54) is 13.2 Å². The molecule has 0 atom stereocenters. The highest BCUT2D eigenvalue weighted by Crippen LogP contribution is 2.25. The number of nitro groups is 1. The summed E-state index contributed by atoms with van der Waals surface area (Å²) in [6.07, 6.45) is 0. The summed E-state index contributed by atoms with van der Waals surface area (Å²) in [4.78, 5) is 21.5. The van der Waals surface area contributed by atoms with E-state index in [-0.39, 0.29) is 11.3 Å². The largest absolute Gasteiger partial charge is 0.465 e. The first-order valence-electron chi connectivity index (χ1n) is 4.31. The molecule has 0 bridgehead atoms. The molecule has 0 saturated heterocycles. The van der Waals surface area contributed by atoms with Gasteiger partial charge in [0.2, 0.25) is 0 Å². The molecule has 0 aromatic heterocycles. The van der Waals surface area contributed by atoms with E-state index in [2.05, 4.69) is 4.74 Å². The Hall–Kier alpha value is -1.91. The summed E-state index contributed by atoms with van der Waals surface area (Å²) in [6, 6.07) is 3.11. The van der Waals surface area contributed by atoms with Gasteiger partial charge in [-0.25, -0.2) is 4.79 Å². The summed E-state index contributed by atoms with van der Waals surface area (Å²) in [5.41, 5.74) is 1.06. The van der Waals surface area contributed by atoms with Crippen molar-refractivity contribution in [1.82, 2.24) is 0 Å². The lowest BCUT2D eigenvalue weighted by atomic mass is 10.0. The Kier molecular flexibility index (Phi) is 3.04. The molecule has 5 heteroatoms. The zero-order valence-corrected chi connectivity index (χ0v) is 8.73. The number of nitro benzene ring substituents is 1. The monoisotopic (exact) mass is 209 g/mol. The minimum absolute atomic E-state index is 0.000000000000000222. The van der Waals surface area contributed by atoms with Gasteiger partial charge in [-0.1, -0.05) is 0 Å². The fraction of sp³-hybridized carbons (Fsp3) is 0.300. The number of ether oxygens (including phenoxy) is 1. The third-order valence-electron chi connectivity index (χ3n) is 2.03. The van der Waals surface area contributed by atoms with Crippen LogP contribution in [0.15, 0.2) is 12.1 Å². The second-order valence-corrected chi connectivity index (χ2v) is 3.23. The number of nitrogens with zero attached hydrogens (tertiary/aromatic N) is 1. The van der Waals surface area contributed by atoms with Gasteiger partial charge in [-0.05, 0) is 31.5 Å². The Labute approximate surface area is 86.8 Å². The molecule has 0 saturated carbocycles. The molecular weight excluding hydrogens is 198 g/mol. The molecule has 0 unspecified atom stereocenters.